The predicted molar refractivity (Wildman–Crippen MR) is 153 cm³/mol. The summed E-state index contributed by atoms with van der Waals surface area (Å²) >= 11 is 19.2. The smallest absolute Gasteiger partial charge is 0.244 e. The zero-order chi connectivity index (χ0) is 27.9. The Morgan fingerprint density at radius 1 is 0.868 bits per heavy atom. The van der Waals surface area contributed by atoms with Gasteiger partial charge in [-0.15, -0.1) is 0 Å². The Balaban J connectivity index is 2.10. The third-order valence-corrected chi connectivity index (χ3v) is 7.97. The van der Waals surface area contributed by atoms with Crippen LogP contribution in [0.3, 0.4) is 0 Å². The van der Waals surface area contributed by atoms with Gasteiger partial charge in [0.2, 0.25) is 21.8 Å². The normalized spacial score (nSPS) is 12.0. The maximum Gasteiger partial charge on any atom is 0.244 e. The Kier molecular flexibility index (Phi) is 10.4. The van der Waals surface area contributed by atoms with Gasteiger partial charge in [0.15, 0.2) is 0 Å². The first-order chi connectivity index (χ1) is 18.0. The SMILES string of the molecule is CCNC(=O)[C@@H](Cc1ccccc1)N(Cc1c(Cl)cccc1Cl)C(=O)CN(c1ccccc1Cl)S(C)(=O)=O. The van der Waals surface area contributed by atoms with Gasteiger partial charge in [0.1, 0.15) is 12.6 Å². The van der Waals surface area contributed by atoms with Crippen molar-refractivity contribution in [3.05, 3.63) is 99.0 Å². The molecule has 0 aliphatic rings. The van der Waals surface area contributed by atoms with E-state index in [4.69, 9.17) is 34.8 Å². The van der Waals surface area contributed by atoms with Crippen LogP contribution < -0.4 is 9.62 Å². The molecule has 38 heavy (non-hydrogen) atoms. The van der Waals surface area contributed by atoms with E-state index in [1.807, 2.05) is 30.3 Å². The Bertz CT molecular complexity index is 1370. The van der Waals surface area contributed by atoms with Crippen LogP contribution in [0.25, 0.3) is 0 Å². The minimum atomic E-state index is -3.92. The Hall–Kier alpha value is -2.78. The number of hydrogen-bond donors (Lipinski definition) is 1. The van der Waals surface area contributed by atoms with Crippen LogP contribution in [0.2, 0.25) is 15.1 Å². The summed E-state index contributed by atoms with van der Waals surface area (Å²) in [6, 6.07) is 19.5. The van der Waals surface area contributed by atoms with Gasteiger partial charge >= 0.3 is 0 Å². The third kappa shape index (κ3) is 7.63. The number of halogens is 3. The number of benzene rings is 3. The van der Waals surface area contributed by atoms with Gasteiger partial charge in [-0.2, -0.15) is 0 Å². The maximum absolute atomic E-state index is 14.0. The Labute approximate surface area is 238 Å². The van der Waals surface area contributed by atoms with Crippen molar-refractivity contribution in [2.45, 2.75) is 25.9 Å². The molecule has 7 nitrogen and oxygen atoms in total. The zero-order valence-electron chi connectivity index (χ0n) is 20.9. The number of likely N-dealkylation sites (N-methyl/N-ethyl adjacent to an activating group) is 1. The second kappa shape index (κ2) is 13.3. The van der Waals surface area contributed by atoms with E-state index in [1.165, 1.54) is 17.0 Å². The van der Waals surface area contributed by atoms with E-state index in [-0.39, 0.29) is 23.7 Å². The highest BCUT2D eigenvalue weighted by Gasteiger charge is 2.34. The molecule has 0 aliphatic carbocycles. The van der Waals surface area contributed by atoms with Crippen LogP contribution in [-0.2, 0) is 32.6 Å². The van der Waals surface area contributed by atoms with Crippen molar-refractivity contribution in [2.24, 2.45) is 0 Å². The molecule has 0 fully saturated rings. The molecular weight excluding hydrogens is 569 g/mol. The van der Waals surface area contributed by atoms with Gasteiger partial charge in [0.05, 0.1) is 17.0 Å². The number of carbonyl (C=O) groups is 2. The van der Waals surface area contributed by atoms with Crippen LogP contribution in [0.4, 0.5) is 5.69 Å². The molecule has 0 spiro atoms. The molecule has 0 aliphatic heterocycles. The minimum absolute atomic E-state index is 0.119. The van der Waals surface area contributed by atoms with Crippen LogP contribution in [0.5, 0.6) is 0 Å². The lowest BCUT2D eigenvalue weighted by molar-refractivity contribution is -0.140. The largest absolute Gasteiger partial charge is 0.355 e. The molecule has 1 atom stereocenters. The Morgan fingerprint density at radius 3 is 2.03 bits per heavy atom. The van der Waals surface area contributed by atoms with Crippen molar-refractivity contribution in [2.75, 3.05) is 23.7 Å². The highest BCUT2D eigenvalue weighted by molar-refractivity contribution is 7.92. The van der Waals surface area contributed by atoms with Gasteiger partial charge in [-0.3, -0.25) is 13.9 Å². The molecule has 0 saturated carbocycles. The number of anilines is 1. The van der Waals surface area contributed by atoms with Gasteiger partial charge in [0.25, 0.3) is 0 Å². The molecule has 1 N–H and O–H groups in total. The summed E-state index contributed by atoms with van der Waals surface area (Å²) < 4.78 is 26.5. The van der Waals surface area contributed by atoms with Crippen LogP contribution in [0, 0.1) is 0 Å². The fourth-order valence-electron chi connectivity index (χ4n) is 3.95. The van der Waals surface area contributed by atoms with Crippen LogP contribution in [0.15, 0.2) is 72.8 Å². The van der Waals surface area contributed by atoms with E-state index in [2.05, 4.69) is 5.32 Å². The molecule has 11 heteroatoms. The molecule has 0 aromatic heterocycles. The molecule has 0 heterocycles. The average Bonchev–Trinajstić information content (AvgIpc) is 2.86. The summed E-state index contributed by atoms with van der Waals surface area (Å²) in [7, 11) is -3.92. The summed E-state index contributed by atoms with van der Waals surface area (Å²) in [5, 5.41) is 3.58. The second-order valence-electron chi connectivity index (χ2n) is 8.54. The number of rotatable bonds is 11. The molecule has 0 radical (unpaired) electrons. The monoisotopic (exact) mass is 595 g/mol. The van der Waals surface area contributed by atoms with Crippen LogP contribution in [0.1, 0.15) is 18.1 Å². The lowest BCUT2D eigenvalue weighted by atomic mass is 10.0. The summed E-state index contributed by atoms with van der Waals surface area (Å²) in [5.74, 6) is -1.02. The topological polar surface area (TPSA) is 86.8 Å². The van der Waals surface area contributed by atoms with Gasteiger partial charge in [-0.25, -0.2) is 8.42 Å². The third-order valence-electron chi connectivity index (χ3n) is 5.81. The van der Waals surface area contributed by atoms with E-state index >= 15 is 0 Å². The van der Waals surface area contributed by atoms with E-state index in [0.29, 0.717) is 22.2 Å². The van der Waals surface area contributed by atoms with E-state index in [9.17, 15) is 18.0 Å². The first-order valence-electron chi connectivity index (χ1n) is 11.8. The first kappa shape index (κ1) is 29.8. The fraction of sp³-hybridized carbons (Fsp3) is 0.259. The number of nitrogens with zero attached hydrogens (tertiary/aromatic N) is 2. The fourth-order valence-corrected chi connectivity index (χ4v) is 5.61. The average molecular weight is 597 g/mol. The van der Waals surface area contributed by atoms with Crippen molar-refractivity contribution in [1.82, 2.24) is 10.2 Å². The maximum atomic E-state index is 14.0. The molecule has 3 aromatic rings. The minimum Gasteiger partial charge on any atom is -0.355 e. The van der Waals surface area contributed by atoms with E-state index in [1.54, 1.807) is 37.3 Å². The van der Waals surface area contributed by atoms with Crippen molar-refractivity contribution >= 4 is 62.3 Å². The number of carbonyl (C=O) groups excluding carboxylic acids is 2. The van der Waals surface area contributed by atoms with Gasteiger partial charge in [-0.1, -0.05) is 83.3 Å². The molecule has 3 rings (SSSR count). The molecule has 3 aromatic carbocycles. The zero-order valence-corrected chi connectivity index (χ0v) is 24.0. The lowest BCUT2D eigenvalue weighted by Crippen LogP contribution is -2.53. The summed E-state index contributed by atoms with van der Waals surface area (Å²) in [5.41, 5.74) is 1.41. The summed E-state index contributed by atoms with van der Waals surface area (Å²) in [6.45, 7) is 1.41. The molecule has 2 amide bonds. The first-order valence-corrected chi connectivity index (χ1v) is 14.8. The lowest BCUT2D eigenvalue weighted by Gasteiger charge is -2.34. The Morgan fingerprint density at radius 2 is 1.45 bits per heavy atom. The van der Waals surface area contributed by atoms with E-state index < -0.39 is 34.4 Å². The molecule has 0 bridgehead atoms. The highest BCUT2D eigenvalue weighted by atomic mass is 35.5. The number of sulfonamides is 1. The number of amides is 2. The van der Waals surface area contributed by atoms with Crippen LogP contribution >= 0.6 is 34.8 Å². The number of hydrogen-bond acceptors (Lipinski definition) is 4. The highest BCUT2D eigenvalue weighted by Crippen LogP contribution is 2.30. The van der Waals surface area contributed by atoms with Crippen molar-refractivity contribution in [3.8, 4) is 0 Å². The van der Waals surface area contributed by atoms with Crippen molar-refractivity contribution in [1.29, 1.82) is 0 Å². The van der Waals surface area contributed by atoms with Gasteiger partial charge < -0.3 is 10.2 Å². The second-order valence-corrected chi connectivity index (χ2v) is 11.7. The molecule has 202 valence electrons. The quantitative estimate of drug-likeness (QED) is 0.330. The van der Waals surface area contributed by atoms with Gasteiger partial charge in [0, 0.05) is 35.1 Å². The van der Waals surface area contributed by atoms with Gasteiger partial charge in [-0.05, 0) is 36.8 Å². The summed E-state index contributed by atoms with van der Waals surface area (Å²) in [6.07, 6.45) is 1.18. The molecule has 0 unspecified atom stereocenters. The standard InChI is InChI=1S/C27H28Cl3N3O4S/c1-3-31-27(35)25(16-19-10-5-4-6-11-19)32(17-20-21(28)13-9-14-22(20)29)26(34)18-33(38(2,36)37)24-15-8-7-12-23(24)30/h4-15,25H,3,16-18H2,1-2H3,(H,31,35)/t25-/m1/s1. The van der Waals surface area contributed by atoms with Crippen molar-refractivity contribution < 1.29 is 18.0 Å². The summed E-state index contributed by atoms with van der Waals surface area (Å²) in [4.78, 5) is 28.6. The predicted octanol–water partition coefficient (Wildman–Crippen LogP) is 5.19. The molecular formula is C27H28Cl3N3O4S. The molecule has 0 saturated heterocycles. The number of nitrogens with one attached hydrogen (secondary N) is 1. The number of para-hydroxylation sites is 1. The van der Waals surface area contributed by atoms with E-state index in [0.717, 1.165) is 16.1 Å². The van der Waals surface area contributed by atoms with Crippen LogP contribution in [-0.4, -0.2) is 50.5 Å². The van der Waals surface area contributed by atoms with Crippen molar-refractivity contribution in [3.63, 3.8) is 0 Å².